The van der Waals surface area contributed by atoms with Crippen molar-refractivity contribution in [3.8, 4) is 0 Å². The van der Waals surface area contributed by atoms with Gasteiger partial charge in [-0.05, 0) is 31.5 Å². The van der Waals surface area contributed by atoms with E-state index in [1.165, 1.54) is 6.26 Å². The van der Waals surface area contributed by atoms with Crippen LogP contribution in [-0.4, -0.2) is 0 Å². The highest BCUT2D eigenvalue weighted by Crippen LogP contribution is 2.21. The van der Waals surface area contributed by atoms with Gasteiger partial charge in [-0.2, -0.15) is 0 Å². The Labute approximate surface area is 86.1 Å². The maximum Gasteiger partial charge on any atom is 0.195 e. The third kappa shape index (κ3) is 1.32. The van der Waals surface area contributed by atoms with Gasteiger partial charge in [-0.15, -0.1) is 0 Å². The van der Waals surface area contributed by atoms with Crippen LogP contribution < -0.4 is 5.43 Å². The first kappa shape index (κ1) is 9.28. The Bertz CT molecular complexity index is 555. The molecule has 0 fully saturated rings. The maximum absolute atomic E-state index is 11.7. The van der Waals surface area contributed by atoms with Crippen molar-refractivity contribution in [1.82, 2.24) is 0 Å². The van der Waals surface area contributed by atoms with Crippen LogP contribution in [0.15, 0.2) is 27.6 Å². The molecule has 72 valence electrons. The van der Waals surface area contributed by atoms with E-state index in [9.17, 15) is 4.79 Å². The summed E-state index contributed by atoms with van der Waals surface area (Å²) in [7, 11) is 0. The van der Waals surface area contributed by atoms with Crippen LogP contribution in [0.25, 0.3) is 11.0 Å². The molecule has 1 heterocycles. The molecule has 0 atom stereocenters. The molecule has 2 aromatic rings. The summed E-state index contributed by atoms with van der Waals surface area (Å²) < 4.78 is 5.30. The molecule has 1 aromatic heterocycles. The van der Waals surface area contributed by atoms with E-state index >= 15 is 0 Å². The van der Waals surface area contributed by atoms with E-state index in [1.807, 2.05) is 6.92 Å². The molecule has 0 saturated heterocycles. The molecule has 3 heteroatoms. The van der Waals surface area contributed by atoms with Crippen molar-refractivity contribution in [3.05, 3.63) is 44.8 Å². The summed E-state index contributed by atoms with van der Waals surface area (Å²) in [5, 5.41) is 1.14. The van der Waals surface area contributed by atoms with Gasteiger partial charge in [-0.1, -0.05) is 11.6 Å². The minimum Gasteiger partial charge on any atom is -0.464 e. The number of fused-ring (bicyclic) bond motifs is 1. The summed E-state index contributed by atoms with van der Waals surface area (Å²) in [4.78, 5) is 11.7. The zero-order valence-electron chi connectivity index (χ0n) is 7.93. The van der Waals surface area contributed by atoms with Gasteiger partial charge in [0.1, 0.15) is 5.58 Å². The molecule has 0 aliphatic carbocycles. The quantitative estimate of drug-likeness (QED) is 0.666. The van der Waals surface area contributed by atoms with Gasteiger partial charge in [-0.3, -0.25) is 4.79 Å². The molecule has 2 nitrogen and oxygen atoms in total. The molecular weight excluding hydrogens is 200 g/mol. The highest BCUT2D eigenvalue weighted by Gasteiger charge is 2.06. The molecule has 0 aliphatic rings. The van der Waals surface area contributed by atoms with Gasteiger partial charge >= 0.3 is 0 Å². The Morgan fingerprint density at radius 1 is 1.21 bits per heavy atom. The van der Waals surface area contributed by atoms with E-state index < -0.39 is 0 Å². The van der Waals surface area contributed by atoms with Gasteiger partial charge in [-0.25, -0.2) is 0 Å². The first-order valence-electron chi connectivity index (χ1n) is 4.28. The highest BCUT2D eigenvalue weighted by atomic mass is 35.5. The van der Waals surface area contributed by atoms with E-state index in [0.717, 1.165) is 5.56 Å². The van der Waals surface area contributed by atoms with E-state index in [0.29, 0.717) is 21.6 Å². The molecule has 0 aliphatic heterocycles. The molecule has 0 radical (unpaired) electrons. The van der Waals surface area contributed by atoms with Crippen LogP contribution in [0.1, 0.15) is 11.1 Å². The first-order chi connectivity index (χ1) is 6.59. The molecular formula is C11H9ClO2. The number of benzene rings is 1. The standard InChI is InChI=1S/C11H9ClO2/c1-6-3-10-8(4-9(6)12)11(13)7(2)5-14-10/h3-5H,1-2H3. The molecule has 0 amide bonds. The fraction of sp³-hybridized carbons (Fsp3) is 0.182. The van der Waals surface area contributed by atoms with Crippen molar-refractivity contribution in [3.63, 3.8) is 0 Å². The lowest BCUT2D eigenvalue weighted by atomic mass is 10.1. The smallest absolute Gasteiger partial charge is 0.195 e. The van der Waals surface area contributed by atoms with Crippen LogP contribution >= 0.6 is 11.6 Å². The van der Waals surface area contributed by atoms with E-state index in [2.05, 4.69) is 0 Å². The molecule has 0 N–H and O–H groups in total. The lowest BCUT2D eigenvalue weighted by Crippen LogP contribution is -2.04. The topological polar surface area (TPSA) is 30.2 Å². The van der Waals surface area contributed by atoms with Gasteiger partial charge in [0.15, 0.2) is 5.43 Å². The van der Waals surface area contributed by atoms with Gasteiger partial charge in [0.2, 0.25) is 0 Å². The Kier molecular flexibility index (Phi) is 2.08. The van der Waals surface area contributed by atoms with E-state index in [-0.39, 0.29) is 5.43 Å². The summed E-state index contributed by atoms with van der Waals surface area (Å²) in [6.07, 6.45) is 1.47. The second-order valence-corrected chi connectivity index (χ2v) is 3.75. The van der Waals surface area contributed by atoms with Crippen LogP contribution in [0.3, 0.4) is 0 Å². The van der Waals surface area contributed by atoms with Gasteiger partial charge in [0.05, 0.1) is 11.6 Å². The minimum atomic E-state index is -0.0202. The van der Waals surface area contributed by atoms with Crippen LogP contribution in [0.2, 0.25) is 5.02 Å². The van der Waals surface area contributed by atoms with Crippen molar-refractivity contribution < 1.29 is 4.42 Å². The maximum atomic E-state index is 11.7. The highest BCUT2D eigenvalue weighted by molar-refractivity contribution is 6.32. The van der Waals surface area contributed by atoms with Crippen LogP contribution in [0.5, 0.6) is 0 Å². The Hall–Kier alpha value is -1.28. The first-order valence-corrected chi connectivity index (χ1v) is 4.65. The predicted octanol–water partition coefficient (Wildman–Crippen LogP) is 3.06. The third-order valence-corrected chi connectivity index (χ3v) is 2.63. The number of hydrogen-bond acceptors (Lipinski definition) is 2. The molecule has 0 unspecified atom stereocenters. The fourth-order valence-corrected chi connectivity index (χ4v) is 1.51. The summed E-state index contributed by atoms with van der Waals surface area (Å²) in [6.45, 7) is 3.60. The van der Waals surface area contributed by atoms with Crippen LogP contribution in [0, 0.1) is 13.8 Å². The number of hydrogen-bond donors (Lipinski definition) is 0. The van der Waals surface area contributed by atoms with Gasteiger partial charge < -0.3 is 4.42 Å². The normalized spacial score (nSPS) is 10.8. The van der Waals surface area contributed by atoms with Gasteiger partial charge in [0.25, 0.3) is 0 Å². The SMILES string of the molecule is Cc1cc2occ(C)c(=O)c2cc1Cl. The largest absolute Gasteiger partial charge is 0.464 e. The zero-order valence-corrected chi connectivity index (χ0v) is 8.68. The lowest BCUT2D eigenvalue weighted by molar-refractivity contribution is 0.597. The summed E-state index contributed by atoms with van der Waals surface area (Å²) >= 11 is 5.93. The number of aryl methyl sites for hydroxylation is 2. The number of rotatable bonds is 0. The monoisotopic (exact) mass is 208 g/mol. The van der Waals surface area contributed by atoms with Crippen LogP contribution in [-0.2, 0) is 0 Å². The Morgan fingerprint density at radius 3 is 2.64 bits per heavy atom. The Balaban J connectivity index is 2.97. The molecule has 14 heavy (non-hydrogen) atoms. The Morgan fingerprint density at radius 2 is 1.93 bits per heavy atom. The zero-order chi connectivity index (χ0) is 10.3. The summed E-state index contributed by atoms with van der Waals surface area (Å²) in [5.74, 6) is 0. The van der Waals surface area contributed by atoms with Gasteiger partial charge in [0, 0.05) is 10.6 Å². The molecule has 0 saturated carbocycles. The van der Waals surface area contributed by atoms with Crippen LogP contribution in [0.4, 0.5) is 0 Å². The molecule has 0 spiro atoms. The van der Waals surface area contributed by atoms with Crippen molar-refractivity contribution >= 4 is 22.6 Å². The molecule has 0 bridgehead atoms. The lowest BCUT2D eigenvalue weighted by Gasteiger charge is -2.01. The second-order valence-electron chi connectivity index (χ2n) is 3.35. The fourth-order valence-electron chi connectivity index (χ4n) is 1.35. The van der Waals surface area contributed by atoms with Crippen molar-refractivity contribution in [1.29, 1.82) is 0 Å². The van der Waals surface area contributed by atoms with Crippen molar-refractivity contribution in [2.75, 3.05) is 0 Å². The van der Waals surface area contributed by atoms with E-state index in [4.69, 9.17) is 16.0 Å². The average molecular weight is 209 g/mol. The van der Waals surface area contributed by atoms with Crippen molar-refractivity contribution in [2.45, 2.75) is 13.8 Å². The third-order valence-electron chi connectivity index (χ3n) is 2.23. The van der Waals surface area contributed by atoms with Crippen molar-refractivity contribution in [2.24, 2.45) is 0 Å². The predicted molar refractivity (Wildman–Crippen MR) is 57.0 cm³/mol. The summed E-state index contributed by atoms with van der Waals surface area (Å²) in [5.41, 5.74) is 2.07. The van der Waals surface area contributed by atoms with E-state index in [1.54, 1.807) is 19.1 Å². The second kappa shape index (κ2) is 3.14. The minimum absolute atomic E-state index is 0.0202. The number of halogens is 1. The molecule has 1 aromatic carbocycles. The average Bonchev–Trinajstić information content (AvgIpc) is 2.15. The summed E-state index contributed by atoms with van der Waals surface area (Å²) in [6, 6.07) is 3.43. The molecule has 2 rings (SSSR count).